The zero-order chi connectivity index (χ0) is 22.9. The number of rotatable bonds is 7. The van der Waals surface area contributed by atoms with Crippen LogP contribution >= 0.6 is 0 Å². The predicted molar refractivity (Wildman–Crippen MR) is 117 cm³/mol. The molecule has 3 aromatic rings. The minimum absolute atomic E-state index is 0.0730. The molecule has 0 radical (unpaired) electrons. The predicted octanol–water partition coefficient (Wildman–Crippen LogP) is 3.04. The zero-order valence-corrected chi connectivity index (χ0v) is 17.5. The van der Waals surface area contributed by atoms with Crippen LogP contribution in [-0.2, 0) is 14.9 Å². The van der Waals surface area contributed by atoms with Crippen LogP contribution in [0.2, 0.25) is 0 Å². The normalized spacial score (nSPS) is 12.4. The number of hydrogen-bond acceptors (Lipinski definition) is 7. The number of Topliss-reactive ketones (excluding diaryl/α,β-unsaturated/α-hetero) is 1. The number of fused-ring (bicyclic) bond motifs is 1. The number of primary amides is 1. The number of amides is 1. The van der Waals surface area contributed by atoms with E-state index in [-0.39, 0.29) is 22.0 Å². The maximum absolute atomic E-state index is 12.0. The molecule has 1 unspecified atom stereocenters. The summed E-state index contributed by atoms with van der Waals surface area (Å²) in [5, 5.41) is 11.4. The number of hydrogen-bond donors (Lipinski definition) is 4. The third-order valence-corrected chi connectivity index (χ3v) is 5.58. The molecule has 3 rings (SSSR count). The van der Waals surface area contributed by atoms with Gasteiger partial charge in [-0.2, -0.15) is 8.42 Å². The number of nitrogens with one attached hydrogen (secondary N) is 2. The highest BCUT2D eigenvalue weighted by atomic mass is 32.2. The molecule has 5 N–H and O–H groups in total. The van der Waals surface area contributed by atoms with E-state index in [1.165, 1.54) is 31.3 Å². The van der Waals surface area contributed by atoms with Crippen LogP contribution in [0.1, 0.15) is 35.7 Å². The average molecular weight is 440 g/mol. The number of carbonyl (C=O) groups is 2. The lowest BCUT2D eigenvalue weighted by molar-refractivity contribution is -0.117. The Morgan fingerprint density at radius 3 is 2.45 bits per heavy atom. The molecular formula is C21H20N4O5S. The first-order chi connectivity index (χ1) is 14.5. The van der Waals surface area contributed by atoms with Crippen molar-refractivity contribution in [3.05, 3.63) is 59.8 Å². The van der Waals surface area contributed by atoms with E-state index in [0.717, 1.165) is 0 Å². The Morgan fingerprint density at radius 2 is 1.87 bits per heavy atom. The fourth-order valence-corrected chi connectivity index (χ4v) is 3.91. The van der Waals surface area contributed by atoms with Gasteiger partial charge in [-0.05, 0) is 43.7 Å². The van der Waals surface area contributed by atoms with Crippen molar-refractivity contribution in [2.75, 3.05) is 5.32 Å². The van der Waals surface area contributed by atoms with Gasteiger partial charge in [-0.1, -0.05) is 18.2 Å². The first-order valence-corrected chi connectivity index (χ1v) is 10.6. The highest BCUT2D eigenvalue weighted by molar-refractivity contribution is 7.85. The Balaban J connectivity index is 2.17. The standard InChI is InChI=1S/C21H20N4O5S/c1-11(22)19(12(2)26)13-6-7-16-18(8-13)24-10-17(21(23)27)20(16)25-14-4-3-5-15(9-14)31(28,29)30/h3-10,19,22H,1-2H3,(H2,23,27)(H,24,25)(H,28,29,30). The van der Waals surface area contributed by atoms with Crippen LogP contribution in [0, 0.1) is 5.41 Å². The lowest BCUT2D eigenvalue weighted by Gasteiger charge is -2.16. The van der Waals surface area contributed by atoms with Gasteiger partial charge in [0, 0.05) is 23.0 Å². The van der Waals surface area contributed by atoms with Crippen molar-refractivity contribution in [1.82, 2.24) is 4.98 Å². The molecule has 160 valence electrons. The number of ketones is 1. The number of nitrogens with two attached hydrogens (primary N) is 1. The van der Waals surface area contributed by atoms with Crippen molar-refractivity contribution < 1.29 is 22.6 Å². The van der Waals surface area contributed by atoms with Crippen LogP contribution in [0.3, 0.4) is 0 Å². The van der Waals surface area contributed by atoms with E-state index in [2.05, 4.69) is 10.3 Å². The molecule has 0 aliphatic carbocycles. The topological polar surface area (TPSA) is 163 Å². The van der Waals surface area contributed by atoms with E-state index < -0.39 is 21.9 Å². The van der Waals surface area contributed by atoms with Crippen molar-refractivity contribution in [2.24, 2.45) is 5.73 Å². The molecule has 0 aliphatic heterocycles. The van der Waals surface area contributed by atoms with Gasteiger partial charge in [0.1, 0.15) is 5.78 Å². The van der Waals surface area contributed by atoms with Crippen molar-refractivity contribution in [1.29, 1.82) is 5.41 Å². The van der Waals surface area contributed by atoms with Crippen LogP contribution in [0.5, 0.6) is 0 Å². The van der Waals surface area contributed by atoms with Gasteiger partial charge in [0.25, 0.3) is 16.0 Å². The van der Waals surface area contributed by atoms with Crippen molar-refractivity contribution in [3.63, 3.8) is 0 Å². The second-order valence-corrected chi connectivity index (χ2v) is 8.46. The van der Waals surface area contributed by atoms with Gasteiger partial charge in [-0.3, -0.25) is 19.1 Å². The molecule has 0 saturated carbocycles. The Labute approximate surface area is 178 Å². The molecule has 0 aliphatic rings. The van der Waals surface area contributed by atoms with Crippen LogP contribution in [0.4, 0.5) is 11.4 Å². The molecule has 1 amide bonds. The summed E-state index contributed by atoms with van der Waals surface area (Å²) in [7, 11) is -4.41. The molecule has 1 aromatic heterocycles. The fourth-order valence-electron chi connectivity index (χ4n) is 3.38. The minimum Gasteiger partial charge on any atom is -0.365 e. The summed E-state index contributed by atoms with van der Waals surface area (Å²) in [6.07, 6.45) is 1.28. The Kier molecular flexibility index (Phi) is 5.87. The van der Waals surface area contributed by atoms with Crippen LogP contribution in [-0.4, -0.2) is 35.4 Å². The summed E-state index contributed by atoms with van der Waals surface area (Å²) in [5.74, 6) is -1.63. The maximum Gasteiger partial charge on any atom is 0.294 e. The second kappa shape index (κ2) is 8.25. The first-order valence-electron chi connectivity index (χ1n) is 9.11. The molecular weight excluding hydrogens is 420 g/mol. The molecule has 0 fully saturated rings. The van der Waals surface area contributed by atoms with Crippen molar-refractivity contribution in [2.45, 2.75) is 24.7 Å². The summed E-state index contributed by atoms with van der Waals surface area (Å²) < 4.78 is 32.2. The number of benzene rings is 2. The number of pyridine rings is 1. The van der Waals surface area contributed by atoms with E-state index in [9.17, 15) is 22.6 Å². The third-order valence-electron chi connectivity index (χ3n) is 4.73. The summed E-state index contributed by atoms with van der Waals surface area (Å²) in [6.45, 7) is 2.96. The van der Waals surface area contributed by atoms with E-state index in [1.54, 1.807) is 31.2 Å². The lowest BCUT2D eigenvalue weighted by Crippen LogP contribution is -2.17. The van der Waals surface area contributed by atoms with Gasteiger partial charge >= 0.3 is 0 Å². The second-order valence-electron chi connectivity index (χ2n) is 7.04. The number of aromatic nitrogens is 1. The third kappa shape index (κ3) is 4.60. The van der Waals surface area contributed by atoms with Gasteiger partial charge in [-0.25, -0.2) is 0 Å². The SMILES string of the molecule is CC(=N)C(C(C)=O)c1ccc2c(Nc3cccc(S(=O)(=O)O)c3)c(C(N)=O)cnc2c1. The van der Waals surface area contributed by atoms with Crippen molar-refractivity contribution in [3.8, 4) is 0 Å². The number of nitrogens with zero attached hydrogens (tertiary/aromatic N) is 1. The molecule has 1 atom stereocenters. The Bertz CT molecular complexity index is 1320. The monoisotopic (exact) mass is 440 g/mol. The molecule has 10 heteroatoms. The highest BCUT2D eigenvalue weighted by Crippen LogP contribution is 2.32. The van der Waals surface area contributed by atoms with Crippen LogP contribution in [0.15, 0.2) is 53.6 Å². The highest BCUT2D eigenvalue weighted by Gasteiger charge is 2.21. The minimum atomic E-state index is -4.41. The van der Waals surface area contributed by atoms with E-state index in [0.29, 0.717) is 27.8 Å². The quantitative estimate of drug-likeness (QED) is 0.324. The largest absolute Gasteiger partial charge is 0.365 e. The van der Waals surface area contributed by atoms with Gasteiger partial charge in [0.15, 0.2) is 0 Å². The van der Waals surface area contributed by atoms with Gasteiger partial charge in [-0.15, -0.1) is 0 Å². The molecule has 0 saturated heterocycles. The zero-order valence-electron chi connectivity index (χ0n) is 16.7. The number of anilines is 2. The maximum atomic E-state index is 12.0. The first kappa shape index (κ1) is 22.1. The summed E-state index contributed by atoms with van der Waals surface area (Å²) >= 11 is 0. The molecule has 31 heavy (non-hydrogen) atoms. The Hall–Kier alpha value is -3.63. The van der Waals surface area contributed by atoms with E-state index in [1.807, 2.05) is 0 Å². The van der Waals surface area contributed by atoms with Gasteiger partial charge in [0.05, 0.1) is 27.6 Å². The van der Waals surface area contributed by atoms with Gasteiger partial charge < -0.3 is 16.5 Å². The molecule has 1 heterocycles. The van der Waals surface area contributed by atoms with Crippen LogP contribution in [0.25, 0.3) is 10.9 Å². The lowest BCUT2D eigenvalue weighted by atomic mass is 9.90. The molecule has 0 bridgehead atoms. The van der Waals surface area contributed by atoms with Crippen LogP contribution < -0.4 is 11.1 Å². The molecule has 9 nitrogen and oxygen atoms in total. The summed E-state index contributed by atoms with van der Waals surface area (Å²) in [4.78, 5) is 27.9. The van der Waals surface area contributed by atoms with E-state index in [4.69, 9.17) is 11.1 Å². The molecule has 0 spiro atoms. The molecule has 2 aromatic carbocycles. The average Bonchev–Trinajstić information content (AvgIpc) is 2.66. The van der Waals surface area contributed by atoms with Crippen molar-refractivity contribution >= 4 is 49.8 Å². The van der Waals surface area contributed by atoms with Gasteiger partial charge in [0.2, 0.25) is 0 Å². The smallest absolute Gasteiger partial charge is 0.294 e. The summed E-state index contributed by atoms with van der Waals surface area (Å²) in [5.41, 5.74) is 7.38. The van der Waals surface area contributed by atoms with E-state index >= 15 is 0 Å². The summed E-state index contributed by atoms with van der Waals surface area (Å²) in [6, 6.07) is 10.4. The fraction of sp³-hybridized carbons (Fsp3) is 0.143. The Morgan fingerprint density at radius 1 is 1.16 bits per heavy atom. The number of carbonyl (C=O) groups excluding carboxylic acids is 2.